The van der Waals surface area contributed by atoms with E-state index in [-0.39, 0.29) is 0 Å². The molecule has 2 rings (SSSR count). The topological polar surface area (TPSA) is 103 Å². The Kier molecular flexibility index (Phi) is 3.76. The first-order valence-corrected chi connectivity index (χ1v) is 5.67. The number of carbonyl (C=O) groups excluding carboxylic acids is 2. The lowest BCUT2D eigenvalue weighted by molar-refractivity contribution is -0.122. The number of nitrogens with zero attached hydrogens (tertiary/aromatic N) is 3. The van der Waals surface area contributed by atoms with E-state index in [4.69, 9.17) is 17.3 Å². The van der Waals surface area contributed by atoms with E-state index in [9.17, 15) is 9.59 Å². The number of halogens is 1. The standard InChI is InChI=1S/C11H10ClN5O2/c12-8-3-1-2-7(6-8)11(19)15-10(9(13)18)17-5-4-14-16-17/h1-6,10H,(H2,13,18)(H,15,19). The van der Waals surface area contributed by atoms with E-state index in [1.807, 2.05) is 0 Å². The number of amides is 2. The summed E-state index contributed by atoms with van der Waals surface area (Å²) in [5.74, 6) is -1.23. The number of hydrogen-bond donors (Lipinski definition) is 2. The first kappa shape index (κ1) is 13.0. The summed E-state index contributed by atoms with van der Waals surface area (Å²) in [4.78, 5) is 23.3. The van der Waals surface area contributed by atoms with Gasteiger partial charge < -0.3 is 11.1 Å². The number of nitrogens with one attached hydrogen (secondary N) is 1. The molecule has 0 fully saturated rings. The highest BCUT2D eigenvalue weighted by Crippen LogP contribution is 2.11. The molecule has 19 heavy (non-hydrogen) atoms. The van der Waals surface area contributed by atoms with Crippen LogP contribution in [0.2, 0.25) is 5.02 Å². The molecular formula is C11H10ClN5O2. The van der Waals surface area contributed by atoms with Crippen molar-refractivity contribution < 1.29 is 9.59 Å². The Hall–Kier alpha value is -2.41. The second kappa shape index (κ2) is 5.49. The molecule has 0 bridgehead atoms. The summed E-state index contributed by atoms with van der Waals surface area (Å²) in [7, 11) is 0. The SMILES string of the molecule is NC(=O)C(NC(=O)c1cccc(Cl)c1)n1ccnn1. The molecule has 1 aromatic heterocycles. The Morgan fingerprint density at radius 2 is 2.21 bits per heavy atom. The predicted octanol–water partition coefficient (Wildman–Crippen LogP) is 0.345. The van der Waals surface area contributed by atoms with Gasteiger partial charge in [0.05, 0.1) is 6.20 Å². The summed E-state index contributed by atoms with van der Waals surface area (Å²) in [6, 6.07) is 6.32. The van der Waals surface area contributed by atoms with Crippen molar-refractivity contribution in [1.29, 1.82) is 0 Å². The number of benzene rings is 1. The molecule has 0 saturated heterocycles. The third kappa shape index (κ3) is 3.08. The Morgan fingerprint density at radius 3 is 2.79 bits per heavy atom. The van der Waals surface area contributed by atoms with E-state index in [1.54, 1.807) is 18.2 Å². The highest BCUT2D eigenvalue weighted by atomic mass is 35.5. The second-order valence-electron chi connectivity index (χ2n) is 3.67. The number of rotatable bonds is 4. The van der Waals surface area contributed by atoms with Crippen molar-refractivity contribution in [3.05, 3.63) is 47.2 Å². The largest absolute Gasteiger partial charge is 0.366 e. The zero-order valence-corrected chi connectivity index (χ0v) is 10.4. The van der Waals surface area contributed by atoms with Gasteiger partial charge in [-0.3, -0.25) is 9.59 Å². The van der Waals surface area contributed by atoms with Crippen molar-refractivity contribution >= 4 is 23.4 Å². The van der Waals surface area contributed by atoms with Crippen LogP contribution in [0, 0.1) is 0 Å². The van der Waals surface area contributed by atoms with Crippen molar-refractivity contribution in [3.8, 4) is 0 Å². The van der Waals surface area contributed by atoms with E-state index in [1.165, 1.54) is 18.5 Å². The van der Waals surface area contributed by atoms with Crippen molar-refractivity contribution in [3.63, 3.8) is 0 Å². The highest BCUT2D eigenvalue weighted by molar-refractivity contribution is 6.30. The number of carbonyl (C=O) groups is 2. The first-order chi connectivity index (χ1) is 9.08. The number of hydrogen-bond acceptors (Lipinski definition) is 4. The molecule has 0 spiro atoms. The van der Waals surface area contributed by atoms with Gasteiger partial charge in [0, 0.05) is 16.8 Å². The van der Waals surface area contributed by atoms with Gasteiger partial charge in [-0.15, -0.1) is 5.10 Å². The van der Waals surface area contributed by atoms with Gasteiger partial charge in [0.2, 0.25) is 6.17 Å². The molecule has 98 valence electrons. The monoisotopic (exact) mass is 279 g/mol. The maximum absolute atomic E-state index is 12.0. The summed E-state index contributed by atoms with van der Waals surface area (Å²) in [6.45, 7) is 0. The highest BCUT2D eigenvalue weighted by Gasteiger charge is 2.21. The average Bonchev–Trinajstić information content (AvgIpc) is 2.88. The second-order valence-corrected chi connectivity index (χ2v) is 4.11. The number of nitrogens with two attached hydrogens (primary N) is 1. The summed E-state index contributed by atoms with van der Waals surface area (Å²) < 4.78 is 1.16. The smallest absolute Gasteiger partial charge is 0.262 e. The Bertz CT molecular complexity index is 599. The van der Waals surface area contributed by atoms with Crippen molar-refractivity contribution in [2.24, 2.45) is 5.73 Å². The van der Waals surface area contributed by atoms with Gasteiger partial charge in [-0.1, -0.05) is 22.9 Å². The minimum absolute atomic E-state index is 0.318. The van der Waals surface area contributed by atoms with E-state index >= 15 is 0 Å². The third-order valence-corrected chi connectivity index (χ3v) is 2.56. The van der Waals surface area contributed by atoms with Crippen LogP contribution in [0.25, 0.3) is 0 Å². The van der Waals surface area contributed by atoms with Gasteiger partial charge in [0.15, 0.2) is 0 Å². The molecule has 2 aromatic rings. The van der Waals surface area contributed by atoms with Gasteiger partial charge >= 0.3 is 0 Å². The van der Waals surface area contributed by atoms with Crippen LogP contribution in [0.1, 0.15) is 16.5 Å². The molecule has 0 saturated carbocycles. The lowest BCUT2D eigenvalue weighted by Gasteiger charge is -2.15. The number of primary amides is 1. The first-order valence-electron chi connectivity index (χ1n) is 5.29. The van der Waals surface area contributed by atoms with Gasteiger partial charge in [0.25, 0.3) is 11.8 Å². The molecule has 0 aliphatic rings. The van der Waals surface area contributed by atoms with Gasteiger partial charge in [-0.25, -0.2) is 4.68 Å². The zero-order valence-electron chi connectivity index (χ0n) is 9.65. The van der Waals surface area contributed by atoms with E-state index in [0.29, 0.717) is 10.6 Å². The molecule has 0 radical (unpaired) electrons. The van der Waals surface area contributed by atoms with E-state index in [2.05, 4.69) is 15.6 Å². The fourth-order valence-corrected chi connectivity index (χ4v) is 1.65. The van der Waals surface area contributed by atoms with Crippen LogP contribution < -0.4 is 11.1 Å². The Balaban J connectivity index is 2.19. The molecule has 2 amide bonds. The van der Waals surface area contributed by atoms with Crippen LogP contribution in [0.15, 0.2) is 36.7 Å². The molecule has 0 aliphatic carbocycles. The lowest BCUT2D eigenvalue weighted by atomic mass is 10.2. The zero-order chi connectivity index (χ0) is 13.8. The molecule has 3 N–H and O–H groups in total. The quantitative estimate of drug-likeness (QED) is 0.842. The van der Waals surface area contributed by atoms with E-state index < -0.39 is 18.0 Å². The Morgan fingerprint density at radius 1 is 1.42 bits per heavy atom. The normalized spacial score (nSPS) is 11.8. The molecule has 1 unspecified atom stereocenters. The fraction of sp³-hybridized carbons (Fsp3) is 0.0909. The minimum atomic E-state index is -1.10. The van der Waals surface area contributed by atoms with E-state index in [0.717, 1.165) is 4.68 Å². The van der Waals surface area contributed by atoms with Crippen molar-refractivity contribution in [2.75, 3.05) is 0 Å². The Labute approximate surface area is 113 Å². The molecule has 1 heterocycles. The lowest BCUT2D eigenvalue weighted by Crippen LogP contribution is -2.41. The molecule has 0 aliphatic heterocycles. The minimum Gasteiger partial charge on any atom is -0.366 e. The average molecular weight is 280 g/mol. The molecule has 1 atom stereocenters. The third-order valence-electron chi connectivity index (χ3n) is 2.33. The van der Waals surface area contributed by atoms with Crippen LogP contribution >= 0.6 is 11.6 Å². The van der Waals surface area contributed by atoms with Gasteiger partial charge in [-0.05, 0) is 18.2 Å². The van der Waals surface area contributed by atoms with Crippen molar-refractivity contribution in [2.45, 2.75) is 6.17 Å². The van der Waals surface area contributed by atoms with Gasteiger partial charge in [0.1, 0.15) is 0 Å². The maximum Gasteiger partial charge on any atom is 0.262 e. The summed E-state index contributed by atoms with van der Waals surface area (Å²) in [6.07, 6.45) is 1.70. The van der Waals surface area contributed by atoms with Crippen LogP contribution in [0.3, 0.4) is 0 Å². The predicted molar refractivity (Wildman–Crippen MR) is 67.2 cm³/mol. The summed E-state index contributed by atoms with van der Waals surface area (Å²) in [5.41, 5.74) is 5.53. The van der Waals surface area contributed by atoms with Crippen LogP contribution in [0.4, 0.5) is 0 Å². The van der Waals surface area contributed by atoms with Crippen LogP contribution in [-0.4, -0.2) is 26.8 Å². The molecular weight excluding hydrogens is 270 g/mol. The number of aromatic nitrogens is 3. The van der Waals surface area contributed by atoms with Crippen LogP contribution in [-0.2, 0) is 4.79 Å². The molecule has 1 aromatic carbocycles. The molecule has 7 nitrogen and oxygen atoms in total. The fourth-order valence-electron chi connectivity index (χ4n) is 1.46. The summed E-state index contributed by atoms with van der Waals surface area (Å²) in [5, 5.41) is 10.1. The van der Waals surface area contributed by atoms with Crippen LogP contribution in [0.5, 0.6) is 0 Å². The molecule has 8 heteroatoms. The summed E-state index contributed by atoms with van der Waals surface area (Å²) >= 11 is 5.79. The van der Waals surface area contributed by atoms with Crippen molar-refractivity contribution in [1.82, 2.24) is 20.3 Å². The van der Waals surface area contributed by atoms with Gasteiger partial charge in [-0.2, -0.15) is 0 Å². The maximum atomic E-state index is 12.0.